The minimum atomic E-state index is -0.179. The Morgan fingerprint density at radius 1 is 1.29 bits per heavy atom. The van der Waals surface area contributed by atoms with Crippen molar-refractivity contribution in [2.24, 2.45) is 5.73 Å². The van der Waals surface area contributed by atoms with Crippen LogP contribution < -0.4 is 15.8 Å². The van der Waals surface area contributed by atoms with Gasteiger partial charge in [0.25, 0.3) is 5.91 Å². The molecular formula is C16H19N3O2. The lowest BCUT2D eigenvalue weighted by atomic mass is 10.1. The number of rotatable bonds is 6. The number of ether oxygens (including phenoxy) is 1. The van der Waals surface area contributed by atoms with Gasteiger partial charge in [-0.15, -0.1) is 0 Å². The van der Waals surface area contributed by atoms with Crippen molar-refractivity contribution < 1.29 is 9.53 Å². The van der Waals surface area contributed by atoms with Crippen LogP contribution in [0.1, 0.15) is 22.8 Å². The third-order valence-corrected chi connectivity index (χ3v) is 2.98. The summed E-state index contributed by atoms with van der Waals surface area (Å²) in [4.78, 5) is 16.1. The molecule has 2 rings (SSSR count). The second kappa shape index (κ2) is 7.40. The highest BCUT2D eigenvalue weighted by Gasteiger charge is 2.10. The molecule has 0 radical (unpaired) electrons. The summed E-state index contributed by atoms with van der Waals surface area (Å²) in [6, 6.07) is 8.91. The third kappa shape index (κ3) is 4.03. The summed E-state index contributed by atoms with van der Waals surface area (Å²) in [5.74, 6) is 0.534. The van der Waals surface area contributed by atoms with Crippen molar-refractivity contribution >= 4 is 11.6 Å². The number of pyridine rings is 1. The maximum Gasteiger partial charge on any atom is 0.255 e. The van der Waals surface area contributed by atoms with Crippen LogP contribution in [0, 0.1) is 0 Å². The van der Waals surface area contributed by atoms with Crippen molar-refractivity contribution in [2.75, 3.05) is 18.5 Å². The molecule has 0 unspecified atom stereocenters. The molecule has 0 aliphatic carbocycles. The Bertz CT molecular complexity index is 600. The van der Waals surface area contributed by atoms with Crippen molar-refractivity contribution in [1.82, 2.24) is 4.98 Å². The van der Waals surface area contributed by atoms with E-state index in [0.29, 0.717) is 30.2 Å². The van der Waals surface area contributed by atoms with E-state index in [-0.39, 0.29) is 5.91 Å². The summed E-state index contributed by atoms with van der Waals surface area (Å²) < 4.78 is 5.59. The van der Waals surface area contributed by atoms with Gasteiger partial charge < -0.3 is 15.8 Å². The smallest absolute Gasteiger partial charge is 0.255 e. The van der Waals surface area contributed by atoms with E-state index < -0.39 is 0 Å². The van der Waals surface area contributed by atoms with E-state index in [1.165, 1.54) is 0 Å². The molecule has 5 heteroatoms. The second-order valence-electron chi connectivity index (χ2n) is 4.48. The van der Waals surface area contributed by atoms with E-state index >= 15 is 0 Å². The molecule has 0 aliphatic rings. The second-order valence-corrected chi connectivity index (χ2v) is 4.48. The van der Waals surface area contributed by atoms with Crippen molar-refractivity contribution in [3.05, 3.63) is 53.9 Å². The van der Waals surface area contributed by atoms with Crippen LogP contribution in [0.4, 0.5) is 5.69 Å². The monoisotopic (exact) mass is 285 g/mol. The van der Waals surface area contributed by atoms with Gasteiger partial charge in [-0.1, -0.05) is 6.07 Å². The van der Waals surface area contributed by atoms with Crippen molar-refractivity contribution in [3.63, 3.8) is 0 Å². The lowest BCUT2D eigenvalue weighted by molar-refractivity contribution is 0.102. The van der Waals surface area contributed by atoms with Gasteiger partial charge in [-0.3, -0.25) is 9.78 Å². The number of carbonyl (C=O) groups is 1. The zero-order chi connectivity index (χ0) is 15.1. The normalized spacial score (nSPS) is 10.2. The Morgan fingerprint density at radius 3 is 2.71 bits per heavy atom. The number of amides is 1. The van der Waals surface area contributed by atoms with Crippen molar-refractivity contribution in [2.45, 2.75) is 13.3 Å². The highest BCUT2D eigenvalue weighted by Crippen LogP contribution is 2.22. The zero-order valence-electron chi connectivity index (χ0n) is 12.0. The Hall–Kier alpha value is -2.40. The van der Waals surface area contributed by atoms with Gasteiger partial charge in [0, 0.05) is 23.6 Å². The Labute approximate surface area is 124 Å². The molecule has 0 saturated carbocycles. The van der Waals surface area contributed by atoms with Gasteiger partial charge in [-0.25, -0.2) is 0 Å². The number of aromatic nitrogens is 1. The quantitative estimate of drug-likeness (QED) is 0.853. The molecule has 21 heavy (non-hydrogen) atoms. The van der Waals surface area contributed by atoms with E-state index in [2.05, 4.69) is 10.3 Å². The van der Waals surface area contributed by atoms with Gasteiger partial charge in [-0.2, -0.15) is 0 Å². The first kappa shape index (κ1) is 15.0. The Balaban J connectivity index is 2.19. The van der Waals surface area contributed by atoms with Gasteiger partial charge in [0.05, 0.1) is 6.61 Å². The van der Waals surface area contributed by atoms with E-state index in [0.717, 1.165) is 12.0 Å². The number of hydrogen-bond acceptors (Lipinski definition) is 4. The van der Waals surface area contributed by atoms with Crippen LogP contribution in [0.5, 0.6) is 5.75 Å². The van der Waals surface area contributed by atoms with Gasteiger partial charge in [0.2, 0.25) is 0 Å². The number of hydrogen-bond donors (Lipinski definition) is 2. The van der Waals surface area contributed by atoms with E-state index in [4.69, 9.17) is 10.5 Å². The Morgan fingerprint density at radius 2 is 2.05 bits per heavy atom. The maximum absolute atomic E-state index is 12.2. The van der Waals surface area contributed by atoms with E-state index in [1.54, 1.807) is 36.7 Å². The molecule has 110 valence electrons. The molecule has 5 nitrogen and oxygen atoms in total. The first-order valence-electron chi connectivity index (χ1n) is 6.91. The van der Waals surface area contributed by atoms with Crippen LogP contribution in [-0.4, -0.2) is 24.0 Å². The predicted molar refractivity (Wildman–Crippen MR) is 82.6 cm³/mol. The summed E-state index contributed by atoms with van der Waals surface area (Å²) in [5.41, 5.74) is 7.86. The fourth-order valence-electron chi connectivity index (χ4n) is 1.99. The SMILES string of the molecule is CCOc1cc(C(=O)Nc2ccncc2)ccc1CCN. The van der Waals surface area contributed by atoms with Crippen LogP contribution in [0.2, 0.25) is 0 Å². The van der Waals surface area contributed by atoms with Crippen LogP contribution in [0.25, 0.3) is 0 Å². The van der Waals surface area contributed by atoms with Crippen LogP contribution in [0.3, 0.4) is 0 Å². The molecular weight excluding hydrogens is 266 g/mol. The third-order valence-electron chi connectivity index (χ3n) is 2.98. The first-order chi connectivity index (χ1) is 10.2. The van der Waals surface area contributed by atoms with Crippen LogP contribution in [0.15, 0.2) is 42.7 Å². The Kier molecular flexibility index (Phi) is 5.29. The van der Waals surface area contributed by atoms with Crippen molar-refractivity contribution in [3.8, 4) is 5.75 Å². The van der Waals surface area contributed by atoms with Gasteiger partial charge in [0.15, 0.2) is 0 Å². The van der Waals surface area contributed by atoms with Gasteiger partial charge >= 0.3 is 0 Å². The van der Waals surface area contributed by atoms with Gasteiger partial charge in [0.1, 0.15) is 5.75 Å². The number of nitrogens with zero attached hydrogens (tertiary/aromatic N) is 1. The molecule has 2 aromatic rings. The number of nitrogens with two attached hydrogens (primary N) is 1. The minimum absolute atomic E-state index is 0.179. The zero-order valence-corrected chi connectivity index (χ0v) is 12.0. The topological polar surface area (TPSA) is 77.2 Å². The molecule has 0 saturated heterocycles. The largest absolute Gasteiger partial charge is 0.494 e. The number of benzene rings is 1. The molecule has 0 aliphatic heterocycles. The average molecular weight is 285 g/mol. The van der Waals surface area contributed by atoms with Crippen molar-refractivity contribution in [1.29, 1.82) is 0 Å². The predicted octanol–water partition coefficient (Wildman–Crippen LogP) is 2.23. The molecule has 0 bridgehead atoms. The molecule has 1 aromatic carbocycles. The lowest BCUT2D eigenvalue weighted by Crippen LogP contribution is -2.13. The highest BCUT2D eigenvalue weighted by atomic mass is 16.5. The number of anilines is 1. The number of nitrogens with one attached hydrogen (secondary N) is 1. The summed E-state index contributed by atoms with van der Waals surface area (Å²) in [7, 11) is 0. The fourth-order valence-corrected chi connectivity index (χ4v) is 1.99. The molecule has 1 heterocycles. The van der Waals surface area contributed by atoms with E-state index in [1.807, 2.05) is 13.0 Å². The fraction of sp³-hybridized carbons (Fsp3) is 0.250. The lowest BCUT2D eigenvalue weighted by Gasteiger charge is -2.12. The standard InChI is InChI=1S/C16H19N3O2/c1-2-21-15-11-13(4-3-12(15)5-8-17)16(20)19-14-6-9-18-10-7-14/h3-4,6-7,9-11H,2,5,8,17H2,1H3,(H,18,19,20). The van der Waals surface area contributed by atoms with Crippen LogP contribution in [-0.2, 0) is 6.42 Å². The molecule has 3 N–H and O–H groups in total. The molecule has 1 amide bonds. The molecule has 0 spiro atoms. The molecule has 0 atom stereocenters. The summed E-state index contributed by atoms with van der Waals surface area (Å²) in [5, 5.41) is 2.82. The summed E-state index contributed by atoms with van der Waals surface area (Å²) in [6.07, 6.45) is 3.98. The van der Waals surface area contributed by atoms with Crippen LogP contribution >= 0.6 is 0 Å². The first-order valence-corrected chi connectivity index (χ1v) is 6.91. The minimum Gasteiger partial charge on any atom is -0.494 e. The molecule has 1 aromatic heterocycles. The average Bonchev–Trinajstić information content (AvgIpc) is 2.50. The summed E-state index contributed by atoms with van der Waals surface area (Å²) >= 11 is 0. The highest BCUT2D eigenvalue weighted by molar-refractivity contribution is 6.04. The number of carbonyl (C=O) groups excluding carboxylic acids is 1. The summed E-state index contributed by atoms with van der Waals surface area (Å²) in [6.45, 7) is 3.01. The van der Waals surface area contributed by atoms with Gasteiger partial charge in [-0.05, 0) is 49.7 Å². The molecule has 0 fully saturated rings. The maximum atomic E-state index is 12.2. The van der Waals surface area contributed by atoms with E-state index in [9.17, 15) is 4.79 Å².